The molecular weight excluding hydrogens is 230 g/mol. The van der Waals surface area contributed by atoms with Crippen molar-refractivity contribution in [3.8, 4) is 0 Å². The van der Waals surface area contributed by atoms with E-state index in [2.05, 4.69) is 0 Å². The first kappa shape index (κ1) is 12.6. The van der Waals surface area contributed by atoms with Gasteiger partial charge in [-0.3, -0.25) is 9.69 Å². The number of hydrogen-bond donors (Lipinski definition) is 1. The van der Waals surface area contributed by atoms with Crippen molar-refractivity contribution in [1.82, 2.24) is 4.90 Å². The van der Waals surface area contributed by atoms with Gasteiger partial charge < -0.3 is 9.52 Å². The molecule has 96 valence electrons. The van der Waals surface area contributed by atoms with Crippen molar-refractivity contribution in [1.29, 1.82) is 0 Å². The molecule has 1 heterocycles. The van der Waals surface area contributed by atoms with Gasteiger partial charge in [0.2, 0.25) is 0 Å². The highest BCUT2D eigenvalue weighted by Gasteiger charge is 2.21. The first-order valence-corrected chi connectivity index (χ1v) is 6.02. The molecule has 2 rings (SSSR count). The van der Waals surface area contributed by atoms with Crippen LogP contribution in [-0.4, -0.2) is 29.1 Å². The minimum Gasteiger partial charge on any atom is -0.480 e. The Balaban J connectivity index is 2.15. The average Bonchev–Trinajstić information content (AvgIpc) is 2.71. The molecule has 4 nitrogen and oxygen atoms in total. The van der Waals surface area contributed by atoms with Gasteiger partial charge >= 0.3 is 5.97 Å². The molecule has 0 amide bonds. The van der Waals surface area contributed by atoms with Crippen molar-refractivity contribution in [3.63, 3.8) is 0 Å². The van der Waals surface area contributed by atoms with Gasteiger partial charge in [0.05, 0.1) is 6.54 Å². The minimum atomic E-state index is -0.795. The normalized spacial score (nSPS) is 13.1. The van der Waals surface area contributed by atoms with E-state index in [4.69, 9.17) is 9.52 Å². The summed E-state index contributed by atoms with van der Waals surface area (Å²) in [5, 5.41) is 10.1. The number of fused-ring (bicyclic) bond motifs is 1. The Morgan fingerprint density at radius 1 is 1.44 bits per heavy atom. The molecule has 1 N–H and O–H groups in total. The van der Waals surface area contributed by atoms with E-state index in [-0.39, 0.29) is 0 Å². The van der Waals surface area contributed by atoms with Crippen LogP contribution in [0.1, 0.15) is 19.1 Å². The Labute approximate surface area is 106 Å². The van der Waals surface area contributed by atoms with E-state index in [9.17, 15) is 4.79 Å². The quantitative estimate of drug-likeness (QED) is 0.882. The van der Waals surface area contributed by atoms with Crippen LogP contribution in [0.5, 0.6) is 0 Å². The first-order valence-electron chi connectivity index (χ1n) is 6.02. The number of rotatable bonds is 5. The molecule has 0 spiro atoms. The number of carbonyl (C=O) groups is 1. The smallest absolute Gasteiger partial charge is 0.320 e. The van der Waals surface area contributed by atoms with Crippen LogP contribution in [0.25, 0.3) is 11.0 Å². The summed E-state index contributed by atoms with van der Waals surface area (Å²) in [6.07, 6.45) is 0.575. The second-order valence-electron chi connectivity index (χ2n) is 4.43. The molecule has 0 aliphatic heterocycles. The molecule has 0 bridgehead atoms. The zero-order valence-electron chi connectivity index (χ0n) is 10.6. The molecule has 1 unspecified atom stereocenters. The van der Waals surface area contributed by atoms with Gasteiger partial charge in [0.25, 0.3) is 0 Å². The summed E-state index contributed by atoms with van der Waals surface area (Å²) in [6.45, 7) is 2.37. The number of benzene rings is 1. The maximum Gasteiger partial charge on any atom is 0.320 e. The molecule has 0 saturated carbocycles. The predicted octanol–water partition coefficient (Wildman–Crippen LogP) is 2.73. The number of hydrogen-bond acceptors (Lipinski definition) is 3. The average molecular weight is 247 g/mol. The monoisotopic (exact) mass is 247 g/mol. The molecular formula is C14H17NO3. The number of para-hydroxylation sites is 1. The van der Waals surface area contributed by atoms with E-state index in [1.165, 1.54) is 0 Å². The second-order valence-corrected chi connectivity index (χ2v) is 4.43. The zero-order chi connectivity index (χ0) is 13.1. The van der Waals surface area contributed by atoms with E-state index in [0.717, 1.165) is 16.7 Å². The summed E-state index contributed by atoms with van der Waals surface area (Å²) in [6, 6.07) is 9.26. The fourth-order valence-electron chi connectivity index (χ4n) is 2.15. The Bertz CT molecular complexity index is 514. The largest absolute Gasteiger partial charge is 0.480 e. The van der Waals surface area contributed by atoms with Crippen LogP contribution < -0.4 is 0 Å². The van der Waals surface area contributed by atoms with E-state index >= 15 is 0 Å². The lowest BCUT2D eigenvalue weighted by Crippen LogP contribution is -2.37. The van der Waals surface area contributed by atoms with Crippen molar-refractivity contribution in [2.24, 2.45) is 0 Å². The van der Waals surface area contributed by atoms with E-state index in [1.807, 2.05) is 37.3 Å². The van der Waals surface area contributed by atoms with Gasteiger partial charge in [-0.1, -0.05) is 25.1 Å². The summed E-state index contributed by atoms with van der Waals surface area (Å²) in [5.41, 5.74) is 0.837. The number of aliphatic carboxylic acids is 1. The maximum atomic E-state index is 11.1. The van der Waals surface area contributed by atoms with E-state index < -0.39 is 12.0 Å². The molecule has 0 radical (unpaired) electrons. The van der Waals surface area contributed by atoms with Crippen LogP contribution in [0.3, 0.4) is 0 Å². The summed E-state index contributed by atoms with van der Waals surface area (Å²) < 4.78 is 5.68. The van der Waals surface area contributed by atoms with Gasteiger partial charge in [-0.25, -0.2) is 0 Å². The Hall–Kier alpha value is -1.81. The van der Waals surface area contributed by atoms with Crippen molar-refractivity contribution in [2.45, 2.75) is 25.9 Å². The molecule has 2 aromatic rings. The lowest BCUT2D eigenvalue weighted by atomic mass is 10.2. The molecule has 0 aliphatic carbocycles. The van der Waals surface area contributed by atoms with Crippen LogP contribution in [-0.2, 0) is 11.3 Å². The second kappa shape index (κ2) is 5.23. The highest BCUT2D eigenvalue weighted by Crippen LogP contribution is 2.20. The fourth-order valence-corrected chi connectivity index (χ4v) is 2.15. The molecule has 1 aromatic heterocycles. The summed E-state index contributed by atoms with van der Waals surface area (Å²) in [4.78, 5) is 12.9. The Kier molecular flexibility index (Phi) is 3.67. The van der Waals surface area contributed by atoms with Crippen LogP contribution >= 0.6 is 0 Å². The Morgan fingerprint density at radius 2 is 2.17 bits per heavy atom. The van der Waals surface area contributed by atoms with E-state index in [0.29, 0.717) is 13.0 Å². The number of carboxylic acids is 1. The maximum absolute atomic E-state index is 11.1. The topological polar surface area (TPSA) is 53.7 Å². The number of furan rings is 1. The fraction of sp³-hybridized carbons (Fsp3) is 0.357. The standard InChI is InChI=1S/C14H17NO3/c1-3-12(14(16)17)15(2)9-11-8-10-6-4-5-7-13(10)18-11/h4-8,12H,3,9H2,1-2H3,(H,16,17). The molecule has 0 saturated heterocycles. The molecule has 0 aliphatic rings. The first-order chi connectivity index (χ1) is 8.61. The van der Waals surface area contributed by atoms with Crippen molar-refractivity contribution < 1.29 is 14.3 Å². The highest BCUT2D eigenvalue weighted by molar-refractivity contribution is 5.77. The van der Waals surface area contributed by atoms with E-state index in [1.54, 1.807) is 11.9 Å². The SMILES string of the molecule is CCC(C(=O)O)N(C)Cc1cc2ccccc2o1. The summed E-state index contributed by atoms with van der Waals surface area (Å²) >= 11 is 0. The minimum absolute atomic E-state index is 0.474. The Morgan fingerprint density at radius 3 is 2.78 bits per heavy atom. The molecule has 1 aromatic carbocycles. The van der Waals surface area contributed by atoms with Crippen molar-refractivity contribution >= 4 is 16.9 Å². The number of nitrogens with zero attached hydrogens (tertiary/aromatic N) is 1. The zero-order valence-corrected chi connectivity index (χ0v) is 10.6. The van der Waals surface area contributed by atoms with Crippen molar-refractivity contribution in [3.05, 3.63) is 36.1 Å². The predicted molar refractivity (Wildman–Crippen MR) is 69.4 cm³/mol. The number of likely N-dealkylation sites (N-methyl/N-ethyl adjacent to an activating group) is 1. The molecule has 0 fully saturated rings. The van der Waals surface area contributed by atoms with Gasteiger partial charge in [0, 0.05) is 5.39 Å². The molecule has 1 atom stereocenters. The third-order valence-corrected chi connectivity index (χ3v) is 3.09. The molecule has 18 heavy (non-hydrogen) atoms. The third kappa shape index (κ3) is 2.54. The summed E-state index contributed by atoms with van der Waals surface area (Å²) in [5.74, 6) is -0.00508. The number of carboxylic acid groups (broad SMARTS) is 1. The van der Waals surface area contributed by atoms with Crippen LogP contribution in [0, 0.1) is 0 Å². The third-order valence-electron chi connectivity index (χ3n) is 3.09. The van der Waals surface area contributed by atoms with Gasteiger partial charge in [-0.15, -0.1) is 0 Å². The van der Waals surface area contributed by atoms with Gasteiger partial charge in [-0.05, 0) is 25.6 Å². The molecule has 4 heteroatoms. The highest BCUT2D eigenvalue weighted by atomic mass is 16.4. The van der Waals surface area contributed by atoms with Crippen molar-refractivity contribution in [2.75, 3.05) is 7.05 Å². The van der Waals surface area contributed by atoms with Gasteiger partial charge in [-0.2, -0.15) is 0 Å². The lowest BCUT2D eigenvalue weighted by Gasteiger charge is -2.22. The summed E-state index contributed by atoms with van der Waals surface area (Å²) in [7, 11) is 1.80. The lowest BCUT2D eigenvalue weighted by molar-refractivity contribution is -0.143. The van der Waals surface area contributed by atoms with Gasteiger partial charge in [0.1, 0.15) is 17.4 Å². The van der Waals surface area contributed by atoms with Crippen LogP contribution in [0.2, 0.25) is 0 Å². The van der Waals surface area contributed by atoms with Gasteiger partial charge in [0.15, 0.2) is 0 Å². The van der Waals surface area contributed by atoms with Crippen LogP contribution in [0.4, 0.5) is 0 Å². The van der Waals surface area contributed by atoms with Crippen LogP contribution in [0.15, 0.2) is 34.7 Å².